The van der Waals surface area contributed by atoms with Crippen LogP contribution < -0.4 is 5.32 Å². The first-order valence-corrected chi connectivity index (χ1v) is 7.69. The Morgan fingerprint density at radius 3 is 2.91 bits per heavy atom. The van der Waals surface area contributed by atoms with Crippen molar-refractivity contribution in [1.82, 2.24) is 15.1 Å². The van der Waals surface area contributed by atoms with Gasteiger partial charge in [0.1, 0.15) is 6.04 Å². The normalized spacial score (nSPS) is 17.0. The predicted octanol–water partition coefficient (Wildman–Crippen LogP) is 0.904. The lowest BCUT2D eigenvalue weighted by molar-refractivity contribution is -0.135. The van der Waals surface area contributed by atoms with E-state index in [0.717, 1.165) is 10.0 Å². The average molecular weight is 365 g/mol. The summed E-state index contributed by atoms with van der Waals surface area (Å²) in [5.41, 5.74) is 0.722. The predicted molar refractivity (Wildman–Crippen MR) is 84.7 cm³/mol. The maximum Gasteiger partial charge on any atom is 0.236 e. The summed E-state index contributed by atoms with van der Waals surface area (Å²) in [4.78, 5) is 27.1. The third-order valence-electron chi connectivity index (χ3n) is 3.52. The summed E-state index contributed by atoms with van der Waals surface area (Å²) in [7, 11) is 1.75. The zero-order chi connectivity index (χ0) is 16.1. The van der Waals surface area contributed by atoms with E-state index in [1.807, 2.05) is 12.1 Å². The number of hydrogen-bond acceptors (Lipinski definition) is 4. The molecule has 0 aliphatic carbocycles. The number of nitrogens with one attached hydrogen (secondary N) is 1. The molecular weight excluding hydrogens is 348 g/mol. The molecule has 1 aliphatic rings. The Bertz CT molecular complexity index is 614. The van der Waals surface area contributed by atoms with Crippen LogP contribution in [0.15, 0.2) is 28.7 Å². The number of rotatable bonds is 4. The molecule has 0 bridgehead atoms. The van der Waals surface area contributed by atoms with Gasteiger partial charge in [0.15, 0.2) is 0 Å². The van der Waals surface area contributed by atoms with E-state index in [2.05, 4.69) is 27.3 Å². The molecule has 1 fully saturated rings. The van der Waals surface area contributed by atoms with Crippen molar-refractivity contribution in [1.29, 1.82) is 5.26 Å². The van der Waals surface area contributed by atoms with Gasteiger partial charge in [0.05, 0.1) is 19.2 Å². The SMILES string of the molecule is CN1CCN(CC(=O)NC(C#N)c2cccc(Br)c2)CC1=O. The van der Waals surface area contributed by atoms with E-state index in [-0.39, 0.29) is 24.9 Å². The lowest BCUT2D eigenvalue weighted by Crippen LogP contribution is -2.51. The summed E-state index contributed by atoms with van der Waals surface area (Å²) in [6.07, 6.45) is 0. The molecule has 0 spiro atoms. The maximum atomic E-state index is 12.1. The Kier molecular flexibility index (Phi) is 5.52. The molecule has 1 unspecified atom stereocenters. The summed E-state index contributed by atoms with van der Waals surface area (Å²) in [6.45, 7) is 1.62. The summed E-state index contributed by atoms with van der Waals surface area (Å²) in [6, 6.07) is 8.64. The molecule has 7 heteroatoms. The molecule has 1 saturated heterocycles. The molecule has 22 heavy (non-hydrogen) atoms. The number of carbonyl (C=O) groups excluding carboxylic acids is 2. The number of likely N-dealkylation sites (N-methyl/N-ethyl adjacent to an activating group) is 1. The Labute approximate surface area is 137 Å². The Balaban J connectivity index is 1.93. The standard InChI is InChI=1S/C15H17BrN4O2/c1-19-5-6-20(10-15(19)22)9-14(21)18-13(8-17)11-3-2-4-12(16)7-11/h2-4,7,13H,5-6,9-10H2,1H3,(H,18,21). The first kappa shape index (κ1) is 16.5. The molecule has 0 aromatic heterocycles. The smallest absolute Gasteiger partial charge is 0.236 e. The number of carbonyl (C=O) groups is 2. The van der Waals surface area contributed by atoms with E-state index >= 15 is 0 Å². The van der Waals surface area contributed by atoms with Crippen molar-refractivity contribution < 1.29 is 9.59 Å². The second-order valence-electron chi connectivity index (χ2n) is 5.21. The van der Waals surface area contributed by atoms with Crippen molar-refractivity contribution in [3.05, 3.63) is 34.3 Å². The first-order chi connectivity index (χ1) is 10.5. The third-order valence-corrected chi connectivity index (χ3v) is 4.01. The largest absolute Gasteiger partial charge is 0.343 e. The highest BCUT2D eigenvalue weighted by molar-refractivity contribution is 9.10. The lowest BCUT2D eigenvalue weighted by Gasteiger charge is -2.31. The van der Waals surface area contributed by atoms with Gasteiger partial charge in [-0.3, -0.25) is 14.5 Å². The molecule has 1 N–H and O–H groups in total. The number of nitriles is 1. The molecule has 0 radical (unpaired) electrons. The topological polar surface area (TPSA) is 76.4 Å². The van der Waals surface area contributed by atoms with Crippen LogP contribution in [0.25, 0.3) is 0 Å². The fraction of sp³-hybridized carbons (Fsp3) is 0.400. The van der Waals surface area contributed by atoms with Crippen LogP contribution in [-0.4, -0.2) is 54.8 Å². The van der Waals surface area contributed by atoms with Crippen LogP contribution in [0.2, 0.25) is 0 Å². The second-order valence-corrected chi connectivity index (χ2v) is 6.13. The van der Waals surface area contributed by atoms with Crippen molar-refractivity contribution in [3.8, 4) is 6.07 Å². The van der Waals surface area contributed by atoms with Crippen molar-refractivity contribution in [2.75, 3.05) is 33.2 Å². The van der Waals surface area contributed by atoms with Crippen LogP contribution in [0.3, 0.4) is 0 Å². The van der Waals surface area contributed by atoms with Gasteiger partial charge < -0.3 is 10.2 Å². The number of halogens is 1. The maximum absolute atomic E-state index is 12.1. The molecule has 6 nitrogen and oxygen atoms in total. The Morgan fingerprint density at radius 2 is 2.27 bits per heavy atom. The zero-order valence-electron chi connectivity index (χ0n) is 12.3. The number of piperazine rings is 1. The van der Waals surface area contributed by atoms with Crippen molar-refractivity contribution in [3.63, 3.8) is 0 Å². The molecule has 2 amide bonds. The van der Waals surface area contributed by atoms with Crippen molar-refractivity contribution >= 4 is 27.7 Å². The molecule has 1 aliphatic heterocycles. The van der Waals surface area contributed by atoms with E-state index < -0.39 is 6.04 Å². The summed E-state index contributed by atoms with van der Waals surface area (Å²) in [5, 5.41) is 11.9. The van der Waals surface area contributed by atoms with Crippen LogP contribution in [-0.2, 0) is 9.59 Å². The minimum atomic E-state index is -0.701. The van der Waals surface area contributed by atoms with Gasteiger partial charge in [-0.05, 0) is 17.7 Å². The molecule has 0 saturated carbocycles. The number of amides is 2. The van der Waals surface area contributed by atoms with Crippen LogP contribution in [0.5, 0.6) is 0 Å². The minimum Gasteiger partial charge on any atom is -0.343 e. The average Bonchev–Trinajstić information content (AvgIpc) is 2.48. The minimum absolute atomic E-state index is 0.00266. The molecule has 1 aromatic carbocycles. The van der Waals surface area contributed by atoms with Crippen LogP contribution in [0, 0.1) is 11.3 Å². The quantitative estimate of drug-likeness (QED) is 0.861. The van der Waals surface area contributed by atoms with E-state index in [9.17, 15) is 14.9 Å². The summed E-state index contributed by atoms with van der Waals surface area (Å²) < 4.78 is 0.851. The van der Waals surface area contributed by atoms with Gasteiger partial charge in [0.25, 0.3) is 0 Å². The molecule has 1 heterocycles. The van der Waals surface area contributed by atoms with Gasteiger partial charge in [-0.1, -0.05) is 28.1 Å². The van der Waals surface area contributed by atoms with Gasteiger partial charge in [-0.2, -0.15) is 5.26 Å². The number of nitrogens with zero attached hydrogens (tertiary/aromatic N) is 3. The van der Waals surface area contributed by atoms with E-state index in [1.165, 1.54) is 0 Å². The fourth-order valence-electron chi connectivity index (χ4n) is 2.23. The van der Waals surface area contributed by atoms with E-state index in [0.29, 0.717) is 13.1 Å². The highest BCUT2D eigenvalue weighted by Crippen LogP contribution is 2.17. The van der Waals surface area contributed by atoms with Crippen LogP contribution in [0.1, 0.15) is 11.6 Å². The fourth-order valence-corrected chi connectivity index (χ4v) is 2.65. The van der Waals surface area contributed by atoms with E-state index in [1.54, 1.807) is 29.0 Å². The zero-order valence-corrected chi connectivity index (χ0v) is 13.8. The second kappa shape index (κ2) is 7.38. The first-order valence-electron chi connectivity index (χ1n) is 6.90. The summed E-state index contributed by atoms with van der Waals surface area (Å²) >= 11 is 3.35. The molecular formula is C15H17BrN4O2. The lowest BCUT2D eigenvalue weighted by atomic mass is 10.1. The Morgan fingerprint density at radius 1 is 1.50 bits per heavy atom. The number of hydrogen-bond donors (Lipinski definition) is 1. The van der Waals surface area contributed by atoms with Crippen molar-refractivity contribution in [2.24, 2.45) is 0 Å². The monoisotopic (exact) mass is 364 g/mol. The van der Waals surface area contributed by atoms with Gasteiger partial charge in [0.2, 0.25) is 11.8 Å². The molecule has 116 valence electrons. The summed E-state index contributed by atoms with van der Waals surface area (Å²) in [5.74, 6) is -0.258. The molecule has 2 rings (SSSR count). The van der Waals surface area contributed by atoms with Gasteiger partial charge in [-0.15, -0.1) is 0 Å². The Hall–Kier alpha value is -1.91. The van der Waals surface area contributed by atoms with E-state index in [4.69, 9.17) is 0 Å². The number of benzene rings is 1. The van der Waals surface area contributed by atoms with Crippen molar-refractivity contribution in [2.45, 2.75) is 6.04 Å². The highest BCUT2D eigenvalue weighted by atomic mass is 79.9. The third kappa shape index (κ3) is 4.29. The molecule has 1 atom stereocenters. The van der Waals surface area contributed by atoms with Crippen LogP contribution in [0.4, 0.5) is 0 Å². The molecule has 1 aromatic rings. The van der Waals surface area contributed by atoms with Gasteiger partial charge in [-0.25, -0.2) is 0 Å². The van der Waals surface area contributed by atoms with Gasteiger partial charge in [0, 0.05) is 24.6 Å². The van der Waals surface area contributed by atoms with Crippen LogP contribution >= 0.6 is 15.9 Å². The van der Waals surface area contributed by atoms with Gasteiger partial charge >= 0.3 is 0 Å². The highest BCUT2D eigenvalue weighted by Gasteiger charge is 2.23.